The van der Waals surface area contributed by atoms with Gasteiger partial charge in [-0.05, 0) is 19.1 Å². The molecule has 2 N–H and O–H groups in total. The number of nitrogen functional groups attached to an aromatic ring is 1. The summed E-state index contributed by atoms with van der Waals surface area (Å²) in [6.07, 6.45) is 1.82. The number of anilines is 1. The van der Waals surface area contributed by atoms with Crippen molar-refractivity contribution in [2.24, 2.45) is 0 Å². The van der Waals surface area contributed by atoms with E-state index in [9.17, 15) is 0 Å². The molecule has 1 heterocycles. The molecule has 3 heteroatoms. The van der Waals surface area contributed by atoms with Crippen molar-refractivity contribution < 1.29 is 0 Å². The lowest BCUT2D eigenvalue weighted by atomic mass is 10.3. The molecular weight excluding hydrogens is 150 g/mol. The van der Waals surface area contributed by atoms with Crippen LogP contribution in [0.2, 0.25) is 0 Å². The van der Waals surface area contributed by atoms with E-state index in [1.807, 2.05) is 29.1 Å². The van der Waals surface area contributed by atoms with Gasteiger partial charge < -0.3 is 10.3 Å². The monoisotopic (exact) mass is 161 g/mol. The molecule has 12 heavy (non-hydrogen) atoms. The molecular formula is C9H11N3. The van der Waals surface area contributed by atoms with Gasteiger partial charge in [0.1, 0.15) is 0 Å². The van der Waals surface area contributed by atoms with Crippen LogP contribution in [0.15, 0.2) is 24.5 Å². The minimum Gasteiger partial charge on any atom is -0.397 e. The lowest BCUT2D eigenvalue weighted by Gasteiger charge is -2.00. The zero-order valence-electron chi connectivity index (χ0n) is 6.99. The first kappa shape index (κ1) is 7.16. The summed E-state index contributed by atoms with van der Waals surface area (Å²) in [6.45, 7) is 2.98. The number of hydrogen-bond acceptors (Lipinski definition) is 2. The molecule has 0 bridgehead atoms. The summed E-state index contributed by atoms with van der Waals surface area (Å²) in [5.41, 5.74) is 8.63. The van der Waals surface area contributed by atoms with Gasteiger partial charge in [0, 0.05) is 6.54 Å². The Morgan fingerprint density at radius 1 is 1.50 bits per heavy atom. The Balaban J connectivity index is 2.83. The van der Waals surface area contributed by atoms with Crippen LogP contribution in [-0.4, -0.2) is 9.55 Å². The van der Waals surface area contributed by atoms with Gasteiger partial charge in [0.2, 0.25) is 0 Å². The quantitative estimate of drug-likeness (QED) is 0.646. The zero-order chi connectivity index (χ0) is 8.55. The van der Waals surface area contributed by atoms with Crippen LogP contribution < -0.4 is 5.73 Å². The van der Waals surface area contributed by atoms with Crippen molar-refractivity contribution in [1.82, 2.24) is 9.55 Å². The van der Waals surface area contributed by atoms with Crippen LogP contribution in [-0.2, 0) is 6.54 Å². The lowest BCUT2D eigenvalue weighted by molar-refractivity contribution is 0.788. The number of rotatable bonds is 1. The summed E-state index contributed by atoms with van der Waals surface area (Å²) in [7, 11) is 0. The Labute approximate surface area is 70.8 Å². The molecule has 0 aliphatic rings. The van der Waals surface area contributed by atoms with E-state index in [2.05, 4.69) is 11.9 Å². The van der Waals surface area contributed by atoms with Crippen LogP contribution in [0.5, 0.6) is 0 Å². The summed E-state index contributed by atoms with van der Waals surface area (Å²) in [6, 6.07) is 5.79. The van der Waals surface area contributed by atoms with E-state index in [1.165, 1.54) is 0 Å². The van der Waals surface area contributed by atoms with E-state index >= 15 is 0 Å². The van der Waals surface area contributed by atoms with Gasteiger partial charge >= 0.3 is 0 Å². The molecule has 0 saturated heterocycles. The molecule has 2 aromatic rings. The van der Waals surface area contributed by atoms with Crippen LogP contribution in [0.3, 0.4) is 0 Å². The van der Waals surface area contributed by atoms with Crippen molar-refractivity contribution in [3.63, 3.8) is 0 Å². The predicted octanol–water partition coefficient (Wildman–Crippen LogP) is 1.64. The summed E-state index contributed by atoms with van der Waals surface area (Å²) in [5, 5.41) is 0. The topological polar surface area (TPSA) is 43.8 Å². The molecule has 0 aliphatic heterocycles. The van der Waals surface area contributed by atoms with E-state index in [4.69, 9.17) is 5.73 Å². The minimum absolute atomic E-state index is 0.798. The number of aryl methyl sites for hydroxylation is 1. The maximum atomic E-state index is 5.82. The number of benzene rings is 1. The van der Waals surface area contributed by atoms with Gasteiger partial charge in [-0.25, -0.2) is 4.98 Å². The Morgan fingerprint density at radius 2 is 2.33 bits per heavy atom. The summed E-state index contributed by atoms with van der Waals surface area (Å²) in [5.74, 6) is 0. The summed E-state index contributed by atoms with van der Waals surface area (Å²) < 4.78 is 2.05. The first-order valence-electron chi connectivity index (χ1n) is 4.02. The number of nitrogens with zero attached hydrogens (tertiary/aromatic N) is 2. The highest BCUT2D eigenvalue weighted by Gasteiger charge is 2.02. The highest BCUT2D eigenvalue weighted by Crippen LogP contribution is 2.18. The second-order valence-electron chi connectivity index (χ2n) is 2.75. The Morgan fingerprint density at radius 3 is 3.08 bits per heavy atom. The van der Waals surface area contributed by atoms with Gasteiger partial charge in [0.25, 0.3) is 0 Å². The van der Waals surface area contributed by atoms with E-state index in [0.29, 0.717) is 0 Å². The maximum Gasteiger partial charge on any atom is 0.0958 e. The number of nitrogens with two attached hydrogens (primary N) is 1. The molecule has 62 valence electrons. The van der Waals surface area contributed by atoms with Crippen molar-refractivity contribution in [2.45, 2.75) is 13.5 Å². The molecule has 0 saturated carbocycles. The molecule has 0 atom stereocenters. The van der Waals surface area contributed by atoms with Crippen molar-refractivity contribution >= 4 is 16.7 Å². The predicted molar refractivity (Wildman–Crippen MR) is 49.8 cm³/mol. The molecule has 0 fully saturated rings. The smallest absolute Gasteiger partial charge is 0.0958 e. The fourth-order valence-electron chi connectivity index (χ4n) is 1.40. The zero-order valence-corrected chi connectivity index (χ0v) is 6.99. The third-order valence-electron chi connectivity index (χ3n) is 2.01. The Bertz CT molecular complexity index is 403. The molecule has 3 nitrogen and oxygen atoms in total. The van der Waals surface area contributed by atoms with Crippen molar-refractivity contribution in [2.75, 3.05) is 5.73 Å². The van der Waals surface area contributed by atoms with Gasteiger partial charge in [-0.2, -0.15) is 0 Å². The minimum atomic E-state index is 0.798. The SMILES string of the molecule is CCn1cnc2cccc(N)c21. The van der Waals surface area contributed by atoms with Crippen molar-refractivity contribution in [3.8, 4) is 0 Å². The maximum absolute atomic E-state index is 5.82. The summed E-state index contributed by atoms with van der Waals surface area (Å²) >= 11 is 0. The van der Waals surface area contributed by atoms with Crippen LogP contribution in [0.4, 0.5) is 5.69 Å². The van der Waals surface area contributed by atoms with Crippen LogP contribution in [0, 0.1) is 0 Å². The third-order valence-corrected chi connectivity index (χ3v) is 2.01. The van der Waals surface area contributed by atoms with E-state index in [1.54, 1.807) is 0 Å². The highest BCUT2D eigenvalue weighted by molar-refractivity contribution is 5.87. The number of fused-ring (bicyclic) bond motifs is 1. The van der Waals surface area contributed by atoms with Gasteiger partial charge in [-0.1, -0.05) is 6.07 Å². The average Bonchev–Trinajstić information content (AvgIpc) is 2.49. The molecule has 2 rings (SSSR count). The Hall–Kier alpha value is -1.51. The molecule has 0 spiro atoms. The Kier molecular flexibility index (Phi) is 1.50. The van der Waals surface area contributed by atoms with Crippen molar-refractivity contribution in [3.05, 3.63) is 24.5 Å². The van der Waals surface area contributed by atoms with Crippen LogP contribution in [0.25, 0.3) is 11.0 Å². The van der Waals surface area contributed by atoms with Crippen molar-refractivity contribution in [1.29, 1.82) is 0 Å². The molecule has 0 radical (unpaired) electrons. The lowest BCUT2D eigenvalue weighted by Crippen LogP contribution is -1.95. The van der Waals surface area contributed by atoms with Gasteiger partial charge in [-0.15, -0.1) is 0 Å². The number of hydrogen-bond donors (Lipinski definition) is 1. The van der Waals surface area contributed by atoms with Gasteiger partial charge in [-0.3, -0.25) is 0 Å². The normalized spacial score (nSPS) is 10.8. The summed E-state index contributed by atoms with van der Waals surface area (Å²) in [4.78, 5) is 4.23. The molecule has 0 aliphatic carbocycles. The fraction of sp³-hybridized carbons (Fsp3) is 0.222. The molecule has 0 unspecified atom stereocenters. The average molecular weight is 161 g/mol. The first-order chi connectivity index (χ1) is 5.83. The van der Waals surface area contributed by atoms with Gasteiger partial charge in [0.05, 0.1) is 23.0 Å². The fourth-order valence-corrected chi connectivity index (χ4v) is 1.40. The number of imidazole rings is 1. The number of para-hydroxylation sites is 1. The standard InChI is InChI=1S/C9H11N3/c1-2-12-6-11-8-5-3-4-7(10)9(8)12/h3-6H,2,10H2,1H3. The number of aromatic nitrogens is 2. The second-order valence-corrected chi connectivity index (χ2v) is 2.75. The van der Waals surface area contributed by atoms with Crippen LogP contribution >= 0.6 is 0 Å². The van der Waals surface area contributed by atoms with Crippen LogP contribution in [0.1, 0.15) is 6.92 Å². The molecule has 1 aromatic carbocycles. The van der Waals surface area contributed by atoms with E-state index < -0.39 is 0 Å². The second kappa shape index (κ2) is 2.52. The van der Waals surface area contributed by atoms with Gasteiger partial charge in [0.15, 0.2) is 0 Å². The molecule has 1 aromatic heterocycles. The third kappa shape index (κ3) is 0.863. The van der Waals surface area contributed by atoms with E-state index in [0.717, 1.165) is 23.3 Å². The largest absolute Gasteiger partial charge is 0.397 e. The first-order valence-corrected chi connectivity index (χ1v) is 4.02. The highest BCUT2D eigenvalue weighted by atomic mass is 15.0. The molecule has 0 amide bonds. The van der Waals surface area contributed by atoms with E-state index in [-0.39, 0.29) is 0 Å².